The zero-order chi connectivity index (χ0) is 21.7. The van der Waals surface area contributed by atoms with Crippen LogP contribution in [0, 0.1) is 6.92 Å². The summed E-state index contributed by atoms with van der Waals surface area (Å²) < 4.78 is 11.0. The van der Waals surface area contributed by atoms with Crippen LogP contribution < -0.4 is 5.32 Å². The minimum atomic E-state index is -0.706. The van der Waals surface area contributed by atoms with Crippen molar-refractivity contribution in [3.05, 3.63) is 58.8 Å². The lowest BCUT2D eigenvalue weighted by Crippen LogP contribution is -2.42. The average molecular weight is 446 g/mol. The lowest BCUT2D eigenvalue weighted by Gasteiger charge is -2.16. The number of thioether (sulfide) groups is 1. The molecule has 0 saturated carbocycles. The van der Waals surface area contributed by atoms with Gasteiger partial charge in [0.1, 0.15) is 11.6 Å². The summed E-state index contributed by atoms with van der Waals surface area (Å²) in [5.74, 6) is 0.0825. The molecule has 0 fully saturated rings. The second kappa shape index (κ2) is 10.0. The van der Waals surface area contributed by atoms with Gasteiger partial charge in [-0.2, -0.15) is 11.8 Å². The van der Waals surface area contributed by atoms with Gasteiger partial charge in [0.15, 0.2) is 5.76 Å². The first-order valence-corrected chi connectivity index (χ1v) is 11.5. The highest BCUT2D eigenvalue weighted by Crippen LogP contribution is 2.30. The quantitative estimate of drug-likeness (QED) is 0.465. The number of amides is 1. The van der Waals surface area contributed by atoms with E-state index in [-0.39, 0.29) is 12.4 Å². The van der Waals surface area contributed by atoms with Gasteiger partial charge in [0, 0.05) is 16.0 Å². The maximum absolute atomic E-state index is 12.9. The topological polar surface area (TPSA) is 68.5 Å². The smallest absolute Gasteiger partial charge is 0.328 e. The highest BCUT2D eigenvalue weighted by Gasteiger charge is 2.25. The van der Waals surface area contributed by atoms with Crippen molar-refractivity contribution in [1.29, 1.82) is 0 Å². The predicted molar refractivity (Wildman–Crippen MR) is 122 cm³/mol. The SMILES string of the molecule is CCOC(=O)C(CCSC)NC(=O)c1oc2cc(-c3ccc(Cl)cc3)ccc2c1C. The predicted octanol–water partition coefficient (Wildman–Crippen LogP) is 5.48. The fraction of sp³-hybridized carbons (Fsp3) is 0.304. The Balaban J connectivity index is 1.87. The van der Waals surface area contributed by atoms with Gasteiger partial charge in [-0.05, 0) is 61.6 Å². The highest BCUT2D eigenvalue weighted by molar-refractivity contribution is 7.98. The first-order valence-electron chi connectivity index (χ1n) is 9.70. The summed E-state index contributed by atoms with van der Waals surface area (Å²) in [4.78, 5) is 25.1. The summed E-state index contributed by atoms with van der Waals surface area (Å²) >= 11 is 7.58. The number of rotatable bonds is 8. The lowest BCUT2D eigenvalue weighted by atomic mass is 10.0. The molecule has 0 aliphatic rings. The average Bonchev–Trinajstić information content (AvgIpc) is 3.07. The number of fused-ring (bicyclic) bond motifs is 1. The van der Waals surface area contributed by atoms with Gasteiger partial charge in [0.05, 0.1) is 6.61 Å². The molecule has 0 bridgehead atoms. The minimum Gasteiger partial charge on any atom is -0.464 e. The van der Waals surface area contributed by atoms with E-state index >= 15 is 0 Å². The molecule has 3 aromatic rings. The molecule has 1 N–H and O–H groups in total. The largest absolute Gasteiger partial charge is 0.464 e. The summed E-state index contributed by atoms with van der Waals surface area (Å²) in [5.41, 5.74) is 3.31. The molecule has 2 aromatic carbocycles. The number of esters is 1. The van der Waals surface area contributed by atoms with E-state index < -0.39 is 17.9 Å². The molecule has 158 valence electrons. The number of hydrogen-bond acceptors (Lipinski definition) is 5. The van der Waals surface area contributed by atoms with Crippen LogP contribution in [0.15, 0.2) is 46.9 Å². The van der Waals surface area contributed by atoms with Crippen LogP contribution in [-0.2, 0) is 9.53 Å². The van der Waals surface area contributed by atoms with E-state index in [0.717, 1.165) is 27.8 Å². The minimum absolute atomic E-state index is 0.205. The molecule has 5 nitrogen and oxygen atoms in total. The maximum atomic E-state index is 12.9. The Bertz CT molecular complexity index is 1050. The maximum Gasteiger partial charge on any atom is 0.328 e. The second-order valence-electron chi connectivity index (χ2n) is 6.83. The zero-order valence-corrected chi connectivity index (χ0v) is 18.7. The van der Waals surface area contributed by atoms with Gasteiger partial charge in [0.2, 0.25) is 0 Å². The van der Waals surface area contributed by atoms with Crippen molar-refractivity contribution < 1.29 is 18.7 Å². The number of benzene rings is 2. The van der Waals surface area contributed by atoms with Crippen LogP contribution in [0.1, 0.15) is 29.5 Å². The fourth-order valence-corrected chi connectivity index (χ4v) is 3.81. The molecular formula is C23H24ClNO4S. The number of ether oxygens (including phenoxy) is 1. The van der Waals surface area contributed by atoms with Gasteiger partial charge in [-0.1, -0.05) is 35.9 Å². The van der Waals surface area contributed by atoms with Crippen molar-refractivity contribution >= 4 is 46.2 Å². The van der Waals surface area contributed by atoms with Gasteiger partial charge in [0.25, 0.3) is 5.91 Å². The van der Waals surface area contributed by atoms with Gasteiger partial charge < -0.3 is 14.5 Å². The third kappa shape index (κ3) is 4.99. The Labute approximate surface area is 185 Å². The van der Waals surface area contributed by atoms with E-state index in [1.807, 2.05) is 55.6 Å². The Kier molecular flexibility index (Phi) is 7.45. The molecule has 1 amide bonds. The molecule has 1 unspecified atom stereocenters. The van der Waals surface area contributed by atoms with E-state index in [2.05, 4.69) is 5.32 Å². The third-order valence-electron chi connectivity index (χ3n) is 4.81. The lowest BCUT2D eigenvalue weighted by molar-refractivity contribution is -0.145. The van der Waals surface area contributed by atoms with E-state index in [1.165, 1.54) is 0 Å². The number of halogens is 1. The Morgan fingerprint density at radius 1 is 1.17 bits per heavy atom. The summed E-state index contributed by atoms with van der Waals surface area (Å²) in [5, 5.41) is 4.30. The summed E-state index contributed by atoms with van der Waals surface area (Å²) in [7, 11) is 0. The molecular weight excluding hydrogens is 422 g/mol. The van der Waals surface area contributed by atoms with Crippen molar-refractivity contribution in [3.8, 4) is 11.1 Å². The number of carbonyl (C=O) groups is 2. The van der Waals surface area contributed by atoms with Crippen LogP contribution in [0.4, 0.5) is 0 Å². The molecule has 0 saturated heterocycles. The molecule has 7 heteroatoms. The number of nitrogens with one attached hydrogen (secondary N) is 1. The molecule has 0 spiro atoms. The number of carbonyl (C=O) groups excluding carboxylic acids is 2. The van der Waals surface area contributed by atoms with Gasteiger partial charge in [-0.15, -0.1) is 0 Å². The highest BCUT2D eigenvalue weighted by atomic mass is 35.5. The Morgan fingerprint density at radius 3 is 2.53 bits per heavy atom. The van der Waals surface area contributed by atoms with Crippen LogP contribution in [-0.4, -0.2) is 36.5 Å². The molecule has 1 atom stereocenters. The van der Waals surface area contributed by atoms with E-state index in [9.17, 15) is 9.59 Å². The molecule has 0 aliphatic carbocycles. The normalized spacial score (nSPS) is 12.0. The zero-order valence-electron chi connectivity index (χ0n) is 17.2. The van der Waals surface area contributed by atoms with Crippen molar-refractivity contribution in [1.82, 2.24) is 5.32 Å². The van der Waals surface area contributed by atoms with E-state index in [1.54, 1.807) is 18.7 Å². The summed E-state index contributed by atoms with van der Waals surface area (Å²) in [6, 6.07) is 12.6. The van der Waals surface area contributed by atoms with Crippen molar-refractivity contribution in [2.24, 2.45) is 0 Å². The molecule has 0 radical (unpaired) electrons. The van der Waals surface area contributed by atoms with Crippen LogP contribution in [0.3, 0.4) is 0 Å². The van der Waals surface area contributed by atoms with Crippen LogP contribution >= 0.6 is 23.4 Å². The first-order chi connectivity index (χ1) is 14.4. The standard InChI is InChI=1S/C23H24ClNO4S/c1-4-28-23(27)19(11-12-30-3)25-22(26)21-14(2)18-10-7-16(13-20(18)29-21)15-5-8-17(24)9-6-15/h5-10,13,19H,4,11-12H2,1-3H3,(H,25,26). The van der Waals surface area contributed by atoms with Crippen LogP contribution in [0.2, 0.25) is 5.02 Å². The second-order valence-corrected chi connectivity index (χ2v) is 8.26. The number of aryl methyl sites for hydroxylation is 1. The van der Waals surface area contributed by atoms with Gasteiger partial charge in [-0.25, -0.2) is 4.79 Å². The van der Waals surface area contributed by atoms with Crippen LogP contribution in [0.25, 0.3) is 22.1 Å². The fourth-order valence-electron chi connectivity index (χ4n) is 3.22. The van der Waals surface area contributed by atoms with E-state index in [4.69, 9.17) is 20.8 Å². The molecule has 1 aromatic heterocycles. The first kappa shape index (κ1) is 22.2. The van der Waals surface area contributed by atoms with Crippen molar-refractivity contribution in [2.45, 2.75) is 26.3 Å². The monoisotopic (exact) mass is 445 g/mol. The molecule has 30 heavy (non-hydrogen) atoms. The Morgan fingerprint density at radius 2 is 1.87 bits per heavy atom. The third-order valence-corrected chi connectivity index (χ3v) is 5.71. The summed E-state index contributed by atoms with van der Waals surface area (Å²) in [6.07, 6.45) is 2.44. The summed E-state index contributed by atoms with van der Waals surface area (Å²) in [6.45, 7) is 3.85. The van der Waals surface area contributed by atoms with Crippen molar-refractivity contribution in [2.75, 3.05) is 18.6 Å². The van der Waals surface area contributed by atoms with Gasteiger partial charge in [-0.3, -0.25) is 4.79 Å². The number of furan rings is 1. The molecule has 0 aliphatic heterocycles. The van der Waals surface area contributed by atoms with Crippen molar-refractivity contribution in [3.63, 3.8) is 0 Å². The van der Waals surface area contributed by atoms with Crippen LogP contribution in [0.5, 0.6) is 0 Å². The van der Waals surface area contributed by atoms with Gasteiger partial charge >= 0.3 is 5.97 Å². The number of hydrogen-bond donors (Lipinski definition) is 1. The Hall–Kier alpha value is -2.44. The van der Waals surface area contributed by atoms with E-state index in [0.29, 0.717) is 17.0 Å². The molecule has 3 rings (SSSR count). The molecule has 1 heterocycles.